The zero-order valence-corrected chi connectivity index (χ0v) is 30.5. The number of aldehydes is 1. The molecule has 2 aliphatic heterocycles. The van der Waals surface area contributed by atoms with E-state index >= 15 is 0 Å². The fourth-order valence-corrected chi connectivity index (χ4v) is 5.57. The van der Waals surface area contributed by atoms with Gasteiger partial charge in [-0.05, 0) is 85.5 Å². The molecule has 22 heteroatoms. The topological polar surface area (TPSA) is 156 Å². The number of carbonyl (C=O) groups is 4. The van der Waals surface area contributed by atoms with Gasteiger partial charge >= 0.3 is 30.1 Å². The highest BCUT2D eigenvalue weighted by atomic mass is 35.5. The van der Waals surface area contributed by atoms with Crippen molar-refractivity contribution in [3.63, 3.8) is 0 Å². The van der Waals surface area contributed by atoms with Crippen molar-refractivity contribution in [2.24, 2.45) is 5.92 Å². The lowest BCUT2D eigenvalue weighted by Crippen LogP contribution is -2.39. The summed E-state index contributed by atoms with van der Waals surface area (Å²) in [4.78, 5) is 59.9. The molecule has 0 spiro atoms. The number of rotatable bonds is 6. The Morgan fingerprint density at radius 3 is 2.12 bits per heavy atom. The van der Waals surface area contributed by atoms with E-state index in [9.17, 15) is 53.9 Å². The van der Waals surface area contributed by atoms with Crippen molar-refractivity contribution < 1.29 is 63.4 Å². The number of aromatic nitrogens is 4. The molecule has 2 N–H and O–H groups in total. The van der Waals surface area contributed by atoms with Gasteiger partial charge in [-0.3, -0.25) is 29.1 Å². The Labute approximate surface area is 328 Å². The number of halogens is 10. The van der Waals surface area contributed by atoms with Gasteiger partial charge in [0.1, 0.15) is 10.8 Å². The number of piperidine rings is 1. The monoisotopic (exact) mass is 847 g/mol. The van der Waals surface area contributed by atoms with Crippen molar-refractivity contribution in [1.29, 1.82) is 0 Å². The molecular formula is C36H31ClF9N7O5. The minimum absolute atomic E-state index is 0.0625. The number of alkyl halides is 9. The van der Waals surface area contributed by atoms with Crippen LogP contribution in [0, 0.1) is 5.92 Å². The molecule has 6 bridgehead atoms. The van der Waals surface area contributed by atoms with Gasteiger partial charge in [0.25, 0.3) is 5.91 Å². The summed E-state index contributed by atoms with van der Waals surface area (Å²) in [6, 6.07) is 11.8. The van der Waals surface area contributed by atoms with Gasteiger partial charge < -0.3 is 20.3 Å². The minimum atomic E-state index is -5.77. The van der Waals surface area contributed by atoms with Gasteiger partial charge in [0, 0.05) is 37.4 Å². The number of fused-ring (bicyclic) bond motifs is 6. The molecule has 58 heavy (non-hydrogen) atoms. The number of ketones is 2. The van der Waals surface area contributed by atoms with E-state index in [1.54, 1.807) is 30.9 Å². The van der Waals surface area contributed by atoms with Crippen molar-refractivity contribution in [3.8, 4) is 5.75 Å². The second-order valence-corrected chi connectivity index (χ2v) is 12.9. The van der Waals surface area contributed by atoms with Crippen LogP contribution in [-0.2, 0) is 27.2 Å². The zero-order chi connectivity index (χ0) is 42.7. The Morgan fingerprint density at radius 2 is 1.52 bits per heavy atom. The molecule has 0 aliphatic carbocycles. The van der Waals surface area contributed by atoms with Crippen molar-refractivity contribution in [1.82, 2.24) is 24.8 Å². The Balaban J connectivity index is 0.000000346. The fourth-order valence-electron chi connectivity index (χ4n) is 5.44. The van der Waals surface area contributed by atoms with Crippen LogP contribution < -0.4 is 15.4 Å². The van der Waals surface area contributed by atoms with Crippen LogP contribution >= 0.6 is 11.6 Å². The van der Waals surface area contributed by atoms with Gasteiger partial charge in [-0.2, -0.15) is 44.5 Å². The number of anilines is 4. The summed E-state index contributed by atoms with van der Waals surface area (Å²) >= 11 is 6.39. The molecule has 0 unspecified atom stereocenters. The fraction of sp³-hybridized carbons (Fsp3) is 0.333. The second kappa shape index (κ2) is 19.5. The predicted octanol–water partition coefficient (Wildman–Crippen LogP) is 7.82. The average Bonchev–Trinajstić information content (AvgIpc) is 3.18. The summed E-state index contributed by atoms with van der Waals surface area (Å²) < 4.78 is 105. The minimum Gasteiger partial charge on any atom is -0.493 e. The Morgan fingerprint density at radius 1 is 0.845 bits per heavy atom. The van der Waals surface area contributed by atoms with E-state index in [4.69, 9.17) is 21.1 Å². The first kappa shape index (κ1) is 44.8. The number of aryl methyl sites for hydroxylation is 2. The molecule has 2 aliphatic rings. The van der Waals surface area contributed by atoms with Crippen LogP contribution in [-0.4, -0.2) is 86.8 Å². The van der Waals surface area contributed by atoms with Gasteiger partial charge in [-0.25, -0.2) is 4.98 Å². The SMILES string of the molecule is O=C(C(=O)C(F)(F)F)C(F)(F)F.O=C(c1cccnc1)N1CCC(CCOc2ccc3cc2CCc2cncc(c2)Nc2ncc(Cl)c(n2)N3)CC1.O=CC(F)(F)F. The quantitative estimate of drug-likeness (QED) is 0.111. The molecule has 3 aromatic heterocycles. The number of likely N-dealkylation sites (tertiary alicyclic amines) is 1. The summed E-state index contributed by atoms with van der Waals surface area (Å²) in [6.07, 6.45) is -4.20. The molecular weight excluding hydrogens is 817 g/mol. The first-order valence-electron chi connectivity index (χ1n) is 16.9. The molecule has 0 atom stereocenters. The molecule has 6 rings (SSSR count). The molecule has 310 valence electrons. The molecule has 0 saturated carbocycles. The lowest BCUT2D eigenvalue weighted by molar-refractivity contribution is -0.193. The third-order valence-corrected chi connectivity index (χ3v) is 8.53. The summed E-state index contributed by atoms with van der Waals surface area (Å²) in [5.74, 6) is -4.38. The largest absolute Gasteiger partial charge is 0.493 e. The van der Waals surface area contributed by atoms with Crippen molar-refractivity contribution in [2.75, 3.05) is 30.3 Å². The van der Waals surface area contributed by atoms with E-state index in [-0.39, 0.29) is 5.91 Å². The summed E-state index contributed by atoms with van der Waals surface area (Å²) in [5, 5.41) is 6.97. The highest BCUT2D eigenvalue weighted by Crippen LogP contribution is 2.31. The van der Waals surface area contributed by atoms with Gasteiger partial charge in [0.2, 0.25) is 12.2 Å². The van der Waals surface area contributed by atoms with E-state index in [1.165, 1.54) is 0 Å². The number of ether oxygens (including phenoxy) is 1. The first-order chi connectivity index (χ1) is 27.2. The van der Waals surface area contributed by atoms with Crippen molar-refractivity contribution in [2.45, 2.75) is 50.6 Å². The maximum atomic E-state index is 12.7. The standard InChI is InChI=1S/C30H30ClN7O2.C4F6O2.C2HF3O/c31-26-19-34-30-36-25-14-21(16-33-18-25)3-4-22-15-24(35-28(26)37-30)5-6-27(22)40-13-9-20-7-11-38(12-8-20)29(39)23-2-1-10-32-17-23;5-3(6,7)1(11)2(12)4(8,9)10;3-2(4,5)1-6/h1-2,5-6,10,14-20H,3-4,7-9,11-13H2,(H2,34,35,36,37);;1H. The number of pyridine rings is 2. The van der Waals surface area contributed by atoms with Gasteiger partial charge in [0.15, 0.2) is 5.82 Å². The van der Waals surface area contributed by atoms with Gasteiger partial charge in [-0.15, -0.1) is 0 Å². The summed E-state index contributed by atoms with van der Waals surface area (Å²) in [5.41, 5.74) is 4.56. The van der Waals surface area contributed by atoms with E-state index < -0.39 is 36.4 Å². The zero-order valence-electron chi connectivity index (χ0n) is 29.7. The maximum absolute atomic E-state index is 12.7. The van der Waals surface area contributed by atoms with Crippen LogP contribution in [0.2, 0.25) is 5.02 Å². The number of nitrogens with one attached hydrogen (secondary N) is 2. The molecule has 1 fully saturated rings. The average molecular weight is 848 g/mol. The Hall–Kier alpha value is -5.86. The van der Waals surface area contributed by atoms with E-state index in [0.29, 0.717) is 34.9 Å². The highest BCUT2D eigenvalue weighted by molar-refractivity contribution is 6.41. The number of hydrogen-bond donors (Lipinski definition) is 2. The lowest BCUT2D eigenvalue weighted by Gasteiger charge is -2.32. The van der Waals surface area contributed by atoms with Gasteiger partial charge in [-0.1, -0.05) is 11.6 Å². The smallest absolute Gasteiger partial charge is 0.458 e. The Kier molecular flexibility index (Phi) is 15.1. The molecule has 1 amide bonds. The molecule has 4 aromatic rings. The van der Waals surface area contributed by atoms with E-state index in [0.717, 1.165) is 73.4 Å². The maximum Gasteiger partial charge on any atom is 0.458 e. The summed E-state index contributed by atoms with van der Waals surface area (Å²) in [6.45, 7) is 2.15. The van der Waals surface area contributed by atoms with Crippen molar-refractivity contribution in [3.05, 3.63) is 89.1 Å². The van der Waals surface area contributed by atoms with Crippen molar-refractivity contribution >= 4 is 58.5 Å². The van der Waals surface area contributed by atoms with E-state index in [2.05, 4.69) is 42.7 Å². The third kappa shape index (κ3) is 13.7. The number of benzene rings is 1. The Bertz CT molecular complexity index is 2040. The lowest BCUT2D eigenvalue weighted by atomic mass is 9.93. The summed E-state index contributed by atoms with van der Waals surface area (Å²) in [7, 11) is 0. The van der Waals surface area contributed by atoms with Crippen LogP contribution in [0.3, 0.4) is 0 Å². The second-order valence-electron chi connectivity index (χ2n) is 12.5. The number of amides is 1. The number of hydrogen-bond acceptors (Lipinski definition) is 11. The number of nitrogens with zero attached hydrogens (tertiary/aromatic N) is 5. The van der Waals surface area contributed by atoms with Crippen LogP contribution in [0.5, 0.6) is 5.75 Å². The molecule has 1 aromatic carbocycles. The molecule has 5 heterocycles. The highest BCUT2D eigenvalue weighted by Gasteiger charge is 2.54. The number of carbonyl (C=O) groups excluding carboxylic acids is 4. The molecule has 0 radical (unpaired) electrons. The normalized spacial score (nSPS) is 14.2. The van der Waals surface area contributed by atoms with Crippen LogP contribution in [0.15, 0.2) is 67.4 Å². The predicted molar refractivity (Wildman–Crippen MR) is 189 cm³/mol. The van der Waals surface area contributed by atoms with Crippen LogP contribution in [0.4, 0.5) is 62.7 Å². The first-order valence-corrected chi connectivity index (χ1v) is 17.3. The molecule has 12 nitrogen and oxygen atoms in total. The van der Waals surface area contributed by atoms with Gasteiger partial charge in [0.05, 0.1) is 30.3 Å². The molecule has 1 saturated heterocycles. The van der Waals surface area contributed by atoms with E-state index in [1.807, 2.05) is 29.3 Å². The third-order valence-electron chi connectivity index (χ3n) is 8.25. The van der Waals surface area contributed by atoms with Crippen LogP contribution in [0.1, 0.15) is 40.7 Å². The number of Topliss-reactive ketones (excluding diaryl/α,β-unsaturated/α-hetero) is 2. The van der Waals surface area contributed by atoms with Crippen LogP contribution in [0.25, 0.3) is 0 Å².